The summed E-state index contributed by atoms with van der Waals surface area (Å²) < 4.78 is 19.4. The van der Waals surface area contributed by atoms with E-state index in [4.69, 9.17) is 10.00 Å². The summed E-state index contributed by atoms with van der Waals surface area (Å²) in [7, 11) is 1.48. The summed E-state index contributed by atoms with van der Waals surface area (Å²) >= 11 is 3.13. The smallest absolute Gasteiger partial charge is 0.166 e. The number of nitrogens with zero attached hydrogens (tertiary/aromatic N) is 2. The van der Waals surface area contributed by atoms with Crippen molar-refractivity contribution < 1.29 is 9.13 Å². The predicted molar refractivity (Wildman–Crippen MR) is 72.9 cm³/mol. The lowest BCUT2D eigenvalue weighted by Crippen LogP contribution is -2.01. The van der Waals surface area contributed by atoms with Gasteiger partial charge in [-0.15, -0.1) is 0 Å². The predicted octanol–water partition coefficient (Wildman–Crippen LogP) is 3.61. The third kappa shape index (κ3) is 2.83. The first-order valence-corrected chi connectivity index (χ1v) is 6.10. The number of rotatable bonds is 3. The molecule has 0 unspecified atom stereocenters. The van der Waals surface area contributed by atoms with Crippen molar-refractivity contribution in [3.63, 3.8) is 0 Å². The molecule has 0 aliphatic carbocycles. The summed E-state index contributed by atoms with van der Waals surface area (Å²) in [5, 5.41) is 11.8. The summed E-state index contributed by atoms with van der Waals surface area (Å²) in [5.74, 6) is -0.0449. The van der Waals surface area contributed by atoms with Gasteiger partial charge in [0.1, 0.15) is 17.5 Å². The number of nitriles is 1. The van der Waals surface area contributed by atoms with E-state index >= 15 is 0 Å². The lowest BCUT2D eigenvalue weighted by molar-refractivity contribution is 0.416. The maximum atomic E-state index is 13.7. The molecule has 0 atom stereocenters. The Morgan fingerprint density at radius 2 is 2.26 bits per heavy atom. The highest BCUT2D eigenvalue weighted by atomic mass is 79.9. The number of nitrogens with one attached hydrogen (secondary N) is 1. The molecule has 0 radical (unpaired) electrons. The average molecular weight is 322 g/mol. The van der Waals surface area contributed by atoms with Crippen LogP contribution in [-0.4, -0.2) is 12.1 Å². The zero-order valence-electron chi connectivity index (χ0n) is 9.95. The Morgan fingerprint density at radius 3 is 2.89 bits per heavy atom. The second-order valence-corrected chi connectivity index (χ2v) is 4.52. The lowest BCUT2D eigenvalue weighted by atomic mass is 10.1. The molecule has 0 aliphatic rings. The zero-order chi connectivity index (χ0) is 13.8. The van der Waals surface area contributed by atoms with Crippen LogP contribution in [0.5, 0.6) is 5.75 Å². The molecule has 2 rings (SSSR count). The first-order chi connectivity index (χ1) is 9.15. The molecule has 1 N–H and O–H groups in total. The van der Waals surface area contributed by atoms with Gasteiger partial charge in [-0.2, -0.15) is 5.26 Å². The number of para-hydroxylation sites is 1. The summed E-state index contributed by atoms with van der Waals surface area (Å²) in [6.07, 6.45) is 1.47. The van der Waals surface area contributed by atoms with Gasteiger partial charge >= 0.3 is 0 Å². The van der Waals surface area contributed by atoms with Crippen molar-refractivity contribution in [2.24, 2.45) is 0 Å². The Hall–Kier alpha value is -2.13. The molecule has 0 saturated carbocycles. The van der Waals surface area contributed by atoms with Gasteiger partial charge in [0.2, 0.25) is 0 Å². The molecular formula is C13H9BrFN3O. The van der Waals surface area contributed by atoms with E-state index in [1.807, 2.05) is 6.07 Å². The molecule has 0 spiro atoms. The summed E-state index contributed by atoms with van der Waals surface area (Å²) in [6, 6.07) is 8.29. The quantitative estimate of drug-likeness (QED) is 0.938. The van der Waals surface area contributed by atoms with E-state index in [0.717, 1.165) is 0 Å². The van der Waals surface area contributed by atoms with Gasteiger partial charge in [0.05, 0.1) is 12.7 Å². The fraction of sp³-hybridized carbons (Fsp3) is 0.0769. The molecule has 1 heterocycles. The summed E-state index contributed by atoms with van der Waals surface area (Å²) in [5.41, 5.74) is 0.740. The van der Waals surface area contributed by atoms with Crippen LogP contribution in [0.2, 0.25) is 0 Å². The SMILES string of the molecule is COc1cccc(C#N)c1Nc1ncc(Br)cc1F. The van der Waals surface area contributed by atoms with Crippen molar-refractivity contribution in [3.05, 3.63) is 46.3 Å². The first-order valence-electron chi connectivity index (χ1n) is 5.31. The Kier molecular flexibility index (Phi) is 3.97. The molecule has 2 aromatic rings. The van der Waals surface area contributed by atoms with Crippen LogP contribution in [0.1, 0.15) is 5.56 Å². The van der Waals surface area contributed by atoms with Gasteiger partial charge in [0, 0.05) is 10.7 Å². The van der Waals surface area contributed by atoms with Crippen LogP contribution in [0.4, 0.5) is 15.9 Å². The molecule has 0 saturated heterocycles. The molecule has 6 heteroatoms. The number of anilines is 2. The molecule has 4 nitrogen and oxygen atoms in total. The van der Waals surface area contributed by atoms with E-state index < -0.39 is 5.82 Å². The van der Waals surface area contributed by atoms with Crippen molar-refractivity contribution in [3.8, 4) is 11.8 Å². The second-order valence-electron chi connectivity index (χ2n) is 3.60. The second kappa shape index (κ2) is 5.67. The van der Waals surface area contributed by atoms with Crippen molar-refractivity contribution >= 4 is 27.4 Å². The van der Waals surface area contributed by atoms with E-state index in [2.05, 4.69) is 26.2 Å². The topological polar surface area (TPSA) is 57.9 Å². The van der Waals surface area contributed by atoms with Gasteiger partial charge in [-0.1, -0.05) is 6.07 Å². The van der Waals surface area contributed by atoms with Crippen LogP contribution in [0.15, 0.2) is 34.9 Å². The summed E-state index contributed by atoms with van der Waals surface area (Å²) in [4.78, 5) is 3.93. The Labute approximate surface area is 118 Å². The normalized spacial score (nSPS) is 9.79. The van der Waals surface area contributed by atoms with Crippen LogP contribution in [-0.2, 0) is 0 Å². The van der Waals surface area contributed by atoms with E-state index in [9.17, 15) is 4.39 Å². The Balaban J connectivity index is 2.46. The van der Waals surface area contributed by atoms with Crippen molar-refractivity contribution in [2.45, 2.75) is 0 Å². The minimum atomic E-state index is -0.524. The molecule has 1 aromatic heterocycles. The largest absolute Gasteiger partial charge is 0.495 e. The van der Waals surface area contributed by atoms with Crippen LogP contribution in [0, 0.1) is 17.1 Å². The minimum absolute atomic E-state index is 0.0317. The monoisotopic (exact) mass is 321 g/mol. The maximum absolute atomic E-state index is 13.7. The van der Waals surface area contributed by atoms with Gasteiger partial charge < -0.3 is 10.1 Å². The van der Waals surface area contributed by atoms with Gasteiger partial charge in [-0.25, -0.2) is 9.37 Å². The molecule has 0 bridgehead atoms. The van der Waals surface area contributed by atoms with Gasteiger partial charge in [-0.3, -0.25) is 0 Å². The van der Waals surface area contributed by atoms with Gasteiger partial charge in [-0.05, 0) is 34.1 Å². The number of halogens is 2. The number of ether oxygens (including phenoxy) is 1. The number of benzene rings is 1. The average Bonchev–Trinajstić information content (AvgIpc) is 2.42. The molecule has 0 aliphatic heterocycles. The third-order valence-electron chi connectivity index (χ3n) is 2.42. The minimum Gasteiger partial charge on any atom is -0.495 e. The standard InChI is InChI=1S/C13H9BrFN3O/c1-19-11-4-2-3-8(6-16)12(11)18-13-10(15)5-9(14)7-17-13/h2-5,7H,1H3,(H,17,18). The Morgan fingerprint density at radius 1 is 1.47 bits per heavy atom. The third-order valence-corrected chi connectivity index (χ3v) is 2.85. The van der Waals surface area contributed by atoms with E-state index in [1.54, 1.807) is 18.2 Å². The molecule has 1 aromatic carbocycles. The van der Waals surface area contributed by atoms with E-state index in [1.165, 1.54) is 19.4 Å². The summed E-state index contributed by atoms with van der Waals surface area (Å²) in [6.45, 7) is 0. The highest BCUT2D eigenvalue weighted by Gasteiger charge is 2.12. The number of hydrogen-bond donors (Lipinski definition) is 1. The molecular weight excluding hydrogens is 313 g/mol. The number of pyridine rings is 1. The highest BCUT2D eigenvalue weighted by molar-refractivity contribution is 9.10. The molecule has 0 amide bonds. The molecule has 19 heavy (non-hydrogen) atoms. The van der Waals surface area contributed by atoms with Crippen molar-refractivity contribution in [1.29, 1.82) is 5.26 Å². The maximum Gasteiger partial charge on any atom is 0.166 e. The lowest BCUT2D eigenvalue weighted by Gasteiger charge is -2.12. The zero-order valence-corrected chi connectivity index (χ0v) is 11.5. The molecule has 96 valence electrons. The van der Waals surface area contributed by atoms with E-state index in [0.29, 0.717) is 21.5 Å². The van der Waals surface area contributed by atoms with Gasteiger partial charge in [0.25, 0.3) is 0 Å². The van der Waals surface area contributed by atoms with Crippen LogP contribution in [0.3, 0.4) is 0 Å². The number of hydrogen-bond acceptors (Lipinski definition) is 4. The first kappa shape index (κ1) is 13.3. The van der Waals surface area contributed by atoms with Crippen LogP contribution in [0.25, 0.3) is 0 Å². The van der Waals surface area contributed by atoms with Crippen molar-refractivity contribution in [2.75, 3.05) is 12.4 Å². The fourth-order valence-corrected chi connectivity index (χ4v) is 1.85. The Bertz CT molecular complexity index is 655. The number of methoxy groups -OCH3 is 1. The van der Waals surface area contributed by atoms with E-state index in [-0.39, 0.29) is 5.82 Å². The number of aromatic nitrogens is 1. The highest BCUT2D eigenvalue weighted by Crippen LogP contribution is 2.31. The van der Waals surface area contributed by atoms with Crippen LogP contribution < -0.4 is 10.1 Å². The molecule has 0 fully saturated rings. The fourth-order valence-electron chi connectivity index (χ4n) is 1.55. The van der Waals surface area contributed by atoms with Crippen molar-refractivity contribution in [1.82, 2.24) is 4.98 Å². The van der Waals surface area contributed by atoms with Gasteiger partial charge in [0.15, 0.2) is 11.6 Å². The van der Waals surface area contributed by atoms with Crippen LogP contribution >= 0.6 is 15.9 Å².